The molecule has 2 aromatic rings. The Morgan fingerprint density at radius 1 is 1.31 bits per heavy atom. The van der Waals surface area contributed by atoms with Crippen LogP contribution in [-0.4, -0.2) is 51.6 Å². The van der Waals surface area contributed by atoms with Crippen LogP contribution in [-0.2, 0) is 16.1 Å². The Morgan fingerprint density at radius 3 is 2.92 bits per heavy atom. The number of anilines is 1. The van der Waals surface area contributed by atoms with Gasteiger partial charge in [-0.25, -0.2) is 9.97 Å². The Labute approximate surface area is 152 Å². The molecule has 8 heteroatoms. The zero-order chi connectivity index (χ0) is 18.0. The van der Waals surface area contributed by atoms with Crippen LogP contribution in [0.5, 0.6) is 0 Å². The third-order valence-electron chi connectivity index (χ3n) is 5.17. The molecule has 0 spiro atoms. The quantitative estimate of drug-likeness (QED) is 0.871. The fraction of sp³-hybridized carbons (Fsp3) is 0.500. The molecule has 1 amide bonds. The number of ether oxygens (including phenoxy) is 1. The first kappa shape index (κ1) is 16.8. The number of carbonyl (C=O) groups is 1. The molecule has 2 aliphatic rings. The molecule has 2 aromatic heterocycles. The normalized spacial score (nSPS) is 25.0. The maximum atomic E-state index is 13.1. The van der Waals surface area contributed by atoms with Crippen LogP contribution in [0.2, 0.25) is 0 Å². The summed E-state index contributed by atoms with van der Waals surface area (Å²) in [7, 11) is 0. The average molecular weight is 354 g/mol. The van der Waals surface area contributed by atoms with Crippen molar-refractivity contribution in [1.29, 1.82) is 0 Å². The van der Waals surface area contributed by atoms with Crippen LogP contribution in [0.1, 0.15) is 24.2 Å². The number of amides is 1. The van der Waals surface area contributed by atoms with Gasteiger partial charge in [-0.1, -0.05) is 0 Å². The molecule has 8 nitrogen and oxygen atoms in total. The number of hydrogen-bond acceptors (Lipinski definition) is 7. The molecule has 0 radical (unpaired) electrons. The molecule has 1 N–H and O–H groups in total. The summed E-state index contributed by atoms with van der Waals surface area (Å²) in [6, 6.07) is 1.79. The van der Waals surface area contributed by atoms with E-state index in [1.165, 1.54) is 0 Å². The molecule has 2 aliphatic heterocycles. The number of aryl methyl sites for hydroxylation is 1. The van der Waals surface area contributed by atoms with Crippen molar-refractivity contribution in [3.05, 3.63) is 42.2 Å². The van der Waals surface area contributed by atoms with Gasteiger partial charge in [0.25, 0.3) is 0 Å². The van der Waals surface area contributed by atoms with Gasteiger partial charge in [-0.3, -0.25) is 14.8 Å². The van der Waals surface area contributed by atoms with E-state index in [9.17, 15) is 4.79 Å². The minimum atomic E-state index is -0.574. The zero-order valence-corrected chi connectivity index (χ0v) is 14.8. The highest BCUT2D eigenvalue weighted by molar-refractivity contribution is 5.84. The monoisotopic (exact) mass is 354 g/mol. The molecular weight excluding hydrogens is 332 g/mol. The van der Waals surface area contributed by atoms with Crippen molar-refractivity contribution in [2.45, 2.75) is 32.4 Å². The first-order valence-corrected chi connectivity index (χ1v) is 8.87. The second-order valence-electron chi connectivity index (χ2n) is 6.86. The molecular formula is C18H22N6O2. The van der Waals surface area contributed by atoms with E-state index in [2.05, 4.69) is 30.2 Å². The van der Waals surface area contributed by atoms with Crippen LogP contribution in [0.25, 0.3) is 0 Å². The summed E-state index contributed by atoms with van der Waals surface area (Å²) in [6.07, 6.45) is 8.27. The van der Waals surface area contributed by atoms with Crippen molar-refractivity contribution in [3.8, 4) is 0 Å². The number of hydrogen-bond donors (Lipinski definition) is 1. The largest absolute Gasteiger partial charge is 0.377 e. The number of aromatic nitrogens is 4. The standard InChI is InChI=1S/C18H22N6O2/c1-13-9-22-14(10-21-13)11-23-16(25)18-4-8-26-15(18)3-7-24(12-18)17-19-5-2-6-20-17/h2,5-6,9-10,15H,3-4,7-8,11-12H2,1H3,(H,23,25)/t15-,18-/m1/s1. The molecule has 4 rings (SSSR count). The lowest BCUT2D eigenvalue weighted by atomic mass is 9.75. The van der Waals surface area contributed by atoms with E-state index in [0.717, 1.165) is 24.4 Å². The third kappa shape index (κ3) is 3.12. The SMILES string of the molecule is Cc1cnc(CNC(=O)[C@@]23CCO[C@@H]2CCN(c2ncccn2)C3)cn1. The summed E-state index contributed by atoms with van der Waals surface area (Å²) in [5, 5.41) is 3.03. The molecule has 0 aliphatic carbocycles. The summed E-state index contributed by atoms with van der Waals surface area (Å²) in [6.45, 7) is 4.20. The van der Waals surface area contributed by atoms with Crippen molar-refractivity contribution in [2.24, 2.45) is 5.41 Å². The van der Waals surface area contributed by atoms with Crippen molar-refractivity contribution >= 4 is 11.9 Å². The highest BCUT2D eigenvalue weighted by Gasteiger charge is 2.53. The summed E-state index contributed by atoms with van der Waals surface area (Å²) >= 11 is 0. The van der Waals surface area contributed by atoms with E-state index in [1.807, 2.05) is 6.92 Å². The molecule has 4 heterocycles. The number of rotatable bonds is 4. The summed E-state index contributed by atoms with van der Waals surface area (Å²) in [4.78, 5) is 32.4. The van der Waals surface area contributed by atoms with Crippen LogP contribution in [0.15, 0.2) is 30.9 Å². The van der Waals surface area contributed by atoms with Crippen molar-refractivity contribution in [1.82, 2.24) is 25.3 Å². The summed E-state index contributed by atoms with van der Waals surface area (Å²) < 4.78 is 5.88. The fourth-order valence-electron chi connectivity index (χ4n) is 3.75. The van der Waals surface area contributed by atoms with Crippen LogP contribution >= 0.6 is 0 Å². The Balaban J connectivity index is 1.49. The van der Waals surface area contributed by atoms with Crippen LogP contribution in [0, 0.1) is 12.3 Å². The van der Waals surface area contributed by atoms with Gasteiger partial charge in [-0.15, -0.1) is 0 Å². The summed E-state index contributed by atoms with van der Waals surface area (Å²) in [5.74, 6) is 0.664. The minimum Gasteiger partial charge on any atom is -0.377 e. The molecule has 0 aromatic carbocycles. The van der Waals surface area contributed by atoms with Gasteiger partial charge in [0.1, 0.15) is 0 Å². The number of nitrogens with zero attached hydrogens (tertiary/aromatic N) is 5. The zero-order valence-electron chi connectivity index (χ0n) is 14.8. The Hall–Kier alpha value is -2.61. The van der Waals surface area contributed by atoms with Crippen molar-refractivity contribution < 1.29 is 9.53 Å². The van der Waals surface area contributed by atoms with E-state index >= 15 is 0 Å². The Morgan fingerprint density at radius 2 is 2.15 bits per heavy atom. The van der Waals surface area contributed by atoms with E-state index in [4.69, 9.17) is 4.74 Å². The van der Waals surface area contributed by atoms with E-state index in [1.54, 1.807) is 30.9 Å². The number of carbonyl (C=O) groups excluding carboxylic acids is 1. The molecule has 2 atom stereocenters. The molecule has 2 saturated heterocycles. The van der Waals surface area contributed by atoms with Crippen LogP contribution in [0.3, 0.4) is 0 Å². The van der Waals surface area contributed by atoms with Gasteiger partial charge in [-0.05, 0) is 25.8 Å². The molecule has 2 fully saturated rings. The van der Waals surface area contributed by atoms with Gasteiger partial charge in [-0.2, -0.15) is 0 Å². The second kappa shape index (κ2) is 6.95. The van der Waals surface area contributed by atoms with E-state index in [-0.39, 0.29) is 12.0 Å². The number of nitrogens with one attached hydrogen (secondary N) is 1. The molecule has 26 heavy (non-hydrogen) atoms. The van der Waals surface area contributed by atoms with Crippen LogP contribution in [0.4, 0.5) is 5.95 Å². The van der Waals surface area contributed by atoms with Crippen molar-refractivity contribution in [3.63, 3.8) is 0 Å². The van der Waals surface area contributed by atoms with Gasteiger partial charge >= 0.3 is 0 Å². The maximum absolute atomic E-state index is 13.1. The van der Waals surface area contributed by atoms with Crippen molar-refractivity contribution in [2.75, 3.05) is 24.6 Å². The Kier molecular flexibility index (Phi) is 4.50. The molecule has 0 unspecified atom stereocenters. The van der Waals surface area contributed by atoms with Gasteiger partial charge < -0.3 is 15.0 Å². The lowest BCUT2D eigenvalue weighted by Gasteiger charge is -2.42. The smallest absolute Gasteiger partial charge is 0.231 e. The number of fused-ring (bicyclic) bond motifs is 1. The fourth-order valence-corrected chi connectivity index (χ4v) is 3.75. The second-order valence-corrected chi connectivity index (χ2v) is 6.86. The van der Waals surface area contributed by atoms with E-state index in [0.29, 0.717) is 32.1 Å². The lowest BCUT2D eigenvalue weighted by molar-refractivity contribution is -0.135. The predicted octanol–water partition coefficient (Wildman–Crippen LogP) is 0.877. The minimum absolute atomic E-state index is 0.00278. The topological polar surface area (TPSA) is 93.1 Å². The van der Waals surface area contributed by atoms with Gasteiger partial charge in [0.2, 0.25) is 11.9 Å². The molecule has 0 saturated carbocycles. The van der Waals surface area contributed by atoms with Gasteiger partial charge in [0, 0.05) is 38.3 Å². The van der Waals surface area contributed by atoms with E-state index < -0.39 is 5.41 Å². The molecule has 0 bridgehead atoms. The highest BCUT2D eigenvalue weighted by Crippen LogP contribution is 2.41. The Bertz CT molecular complexity index is 769. The maximum Gasteiger partial charge on any atom is 0.231 e. The molecule has 136 valence electrons. The predicted molar refractivity (Wildman–Crippen MR) is 94.3 cm³/mol. The van der Waals surface area contributed by atoms with Crippen LogP contribution < -0.4 is 10.2 Å². The summed E-state index contributed by atoms with van der Waals surface area (Å²) in [5.41, 5.74) is 1.03. The highest BCUT2D eigenvalue weighted by atomic mass is 16.5. The number of piperidine rings is 1. The van der Waals surface area contributed by atoms with Gasteiger partial charge in [0.15, 0.2) is 0 Å². The average Bonchev–Trinajstić information content (AvgIpc) is 3.12. The lowest BCUT2D eigenvalue weighted by Crippen LogP contribution is -2.57. The van der Waals surface area contributed by atoms with Gasteiger partial charge in [0.05, 0.1) is 35.6 Å². The first-order valence-electron chi connectivity index (χ1n) is 8.87. The first-order chi connectivity index (χ1) is 12.7. The third-order valence-corrected chi connectivity index (χ3v) is 5.17.